The van der Waals surface area contributed by atoms with Crippen molar-refractivity contribution in [1.82, 2.24) is 5.32 Å². The highest BCUT2D eigenvalue weighted by Gasteiger charge is 2.25. The van der Waals surface area contributed by atoms with E-state index >= 15 is 0 Å². The molecule has 2 rings (SSSR count). The van der Waals surface area contributed by atoms with Gasteiger partial charge in [0.15, 0.2) is 11.5 Å². The number of carbonyl (C=O) groups excluding carboxylic acids is 1. The van der Waals surface area contributed by atoms with Gasteiger partial charge in [-0.2, -0.15) is 0 Å². The first-order valence-corrected chi connectivity index (χ1v) is 12.9. The first-order chi connectivity index (χ1) is 16.3. The van der Waals surface area contributed by atoms with E-state index in [1.165, 1.54) is 6.42 Å². The maximum Gasteiger partial charge on any atom is 0.223 e. The summed E-state index contributed by atoms with van der Waals surface area (Å²) in [6.45, 7) is 5.79. The number of rotatable bonds is 15. The number of hydrogen-bond donors (Lipinski definition) is 3. The third-order valence-corrected chi connectivity index (χ3v) is 6.95. The van der Waals surface area contributed by atoms with Crippen LogP contribution in [0.2, 0.25) is 0 Å². The topological polar surface area (TPSA) is 103 Å². The number of ether oxygens (including phenoxy) is 3. The monoisotopic (exact) mass is 478 g/mol. The van der Waals surface area contributed by atoms with E-state index in [0.29, 0.717) is 31.3 Å². The summed E-state index contributed by atoms with van der Waals surface area (Å²) < 4.78 is 16.5. The molecular formula is C27H46N2O5. The molecule has 3 atom stereocenters. The minimum absolute atomic E-state index is 0.0580. The van der Waals surface area contributed by atoms with Crippen molar-refractivity contribution >= 4 is 5.91 Å². The molecule has 0 radical (unpaired) electrons. The fraction of sp³-hybridized carbons (Fsp3) is 0.741. The average molecular weight is 479 g/mol. The van der Waals surface area contributed by atoms with Crippen molar-refractivity contribution in [1.29, 1.82) is 0 Å². The van der Waals surface area contributed by atoms with Gasteiger partial charge in [-0.1, -0.05) is 39.2 Å². The summed E-state index contributed by atoms with van der Waals surface area (Å²) in [5, 5.41) is 13.6. The van der Waals surface area contributed by atoms with Gasteiger partial charge in [-0.25, -0.2) is 0 Å². The van der Waals surface area contributed by atoms with Crippen molar-refractivity contribution in [3.05, 3.63) is 23.8 Å². The van der Waals surface area contributed by atoms with Gasteiger partial charge in [-0.3, -0.25) is 4.79 Å². The Bertz CT molecular complexity index is 721. The fourth-order valence-corrected chi connectivity index (χ4v) is 4.61. The van der Waals surface area contributed by atoms with Gasteiger partial charge in [0.2, 0.25) is 5.91 Å². The van der Waals surface area contributed by atoms with Crippen molar-refractivity contribution in [3.63, 3.8) is 0 Å². The molecule has 0 spiro atoms. The third-order valence-electron chi connectivity index (χ3n) is 6.95. The smallest absolute Gasteiger partial charge is 0.223 e. The number of benzene rings is 1. The van der Waals surface area contributed by atoms with Gasteiger partial charge in [-0.15, -0.1) is 0 Å². The Morgan fingerprint density at radius 3 is 2.53 bits per heavy atom. The summed E-state index contributed by atoms with van der Waals surface area (Å²) in [6.07, 6.45) is 6.88. The van der Waals surface area contributed by atoms with Crippen LogP contribution in [0.25, 0.3) is 0 Å². The molecule has 0 unspecified atom stereocenters. The molecule has 1 aliphatic carbocycles. The molecule has 0 aromatic heterocycles. The SMILES string of the molecule is COCCCOc1cc(C[C@@H](C[C@H](N)[C@@H](O)CNC(=O)C2CCCCC2)C(C)C)ccc1OC. The standard InChI is InChI=1S/C27H46N2O5/c1-19(2)22(15-20-11-12-25(33-4)26(16-20)34-14-8-13-32-3)17-23(28)24(30)18-29-27(31)21-9-6-5-7-10-21/h11-12,16,19,21-24,30H,5-10,13-15,17-18,28H2,1-4H3,(H,29,31)/t22-,23-,24-/m0/s1. The molecule has 0 saturated heterocycles. The molecule has 0 heterocycles. The second-order valence-corrected chi connectivity index (χ2v) is 9.94. The van der Waals surface area contributed by atoms with E-state index in [-0.39, 0.29) is 24.3 Å². The van der Waals surface area contributed by atoms with E-state index in [0.717, 1.165) is 49.8 Å². The minimum atomic E-state index is -0.760. The highest BCUT2D eigenvalue weighted by molar-refractivity contribution is 5.78. The maximum atomic E-state index is 12.4. The Morgan fingerprint density at radius 1 is 1.15 bits per heavy atom. The van der Waals surface area contributed by atoms with E-state index in [1.54, 1.807) is 14.2 Å². The predicted molar refractivity (Wildman–Crippen MR) is 135 cm³/mol. The molecule has 0 bridgehead atoms. The number of hydrogen-bond acceptors (Lipinski definition) is 6. The summed E-state index contributed by atoms with van der Waals surface area (Å²) in [7, 11) is 3.32. The lowest BCUT2D eigenvalue weighted by Gasteiger charge is -2.28. The van der Waals surface area contributed by atoms with Gasteiger partial charge in [0.25, 0.3) is 0 Å². The number of nitrogens with two attached hydrogens (primary N) is 1. The number of carbonyl (C=O) groups is 1. The summed E-state index contributed by atoms with van der Waals surface area (Å²) in [6, 6.07) is 5.63. The van der Waals surface area contributed by atoms with E-state index in [4.69, 9.17) is 19.9 Å². The van der Waals surface area contributed by atoms with Gasteiger partial charge in [0.1, 0.15) is 0 Å². The third kappa shape index (κ3) is 9.43. The van der Waals surface area contributed by atoms with E-state index in [2.05, 4.69) is 25.2 Å². The Balaban J connectivity index is 1.91. The predicted octanol–water partition coefficient (Wildman–Crippen LogP) is 3.70. The van der Waals surface area contributed by atoms with Crippen molar-refractivity contribution in [3.8, 4) is 11.5 Å². The molecule has 7 nitrogen and oxygen atoms in total. The number of amides is 1. The van der Waals surface area contributed by atoms with Gasteiger partial charge in [0.05, 0.1) is 19.8 Å². The van der Waals surface area contributed by atoms with Crippen LogP contribution in [0.5, 0.6) is 11.5 Å². The molecule has 1 aliphatic rings. The van der Waals surface area contributed by atoms with E-state index in [1.807, 2.05) is 12.1 Å². The number of aliphatic hydroxyl groups excluding tert-OH is 1. The molecule has 7 heteroatoms. The van der Waals surface area contributed by atoms with Gasteiger partial charge in [-0.05, 0) is 55.2 Å². The second-order valence-electron chi connectivity index (χ2n) is 9.94. The van der Waals surface area contributed by atoms with Gasteiger partial charge in [0, 0.05) is 38.6 Å². The highest BCUT2D eigenvalue weighted by Crippen LogP contribution is 2.31. The summed E-state index contributed by atoms with van der Waals surface area (Å²) >= 11 is 0. The largest absolute Gasteiger partial charge is 0.493 e. The Labute approximate surface area is 205 Å². The maximum absolute atomic E-state index is 12.4. The van der Waals surface area contributed by atoms with Crippen LogP contribution in [-0.4, -0.2) is 57.1 Å². The average Bonchev–Trinajstić information content (AvgIpc) is 2.85. The lowest BCUT2D eigenvalue weighted by molar-refractivity contribution is -0.126. The zero-order valence-electron chi connectivity index (χ0n) is 21.6. The lowest BCUT2D eigenvalue weighted by Crippen LogP contribution is -2.46. The zero-order chi connectivity index (χ0) is 24.9. The van der Waals surface area contributed by atoms with Crippen LogP contribution in [0.15, 0.2) is 18.2 Å². The van der Waals surface area contributed by atoms with Crippen LogP contribution in [-0.2, 0) is 16.0 Å². The number of aliphatic hydroxyl groups is 1. The van der Waals surface area contributed by atoms with Crippen LogP contribution in [0.3, 0.4) is 0 Å². The molecule has 194 valence electrons. The summed E-state index contributed by atoms with van der Waals surface area (Å²) in [4.78, 5) is 12.4. The first-order valence-electron chi connectivity index (χ1n) is 12.9. The number of nitrogens with one attached hydrogen (secondary N) is 1. The van der Waals surface area contributed by atoms with Crippen LogP contribution >= 0.6 is 0 Å². The van der Waals surface area contributed by atoms with E-state index in [9.17, 15) is 9.90 Å². The van der Waals surface area contributed by atoms with Crippen molar-refractivity contribution in [2.75, 3.05) is 34.0 Å². The highest BCUT2D eigenvalue weighted by atomic mass is 16.5. The Kier molecular flexibility index (Phi) is 12.7. The lowest BCUT2D eigenvalue weighted by atomic mass is 9.83. The molecular weight excluding hydrogens is 432 g/mol. The van der Waals surface area contributed by atoms with Crippen molar-refractivity contribution in [2.45, 2.75) is 77.4 Å². The van der Waals surface area contributed by atoms with Gasteiger partial charge >= 0.3 is 0 Å². The molecule has 1 aromatic rings. The van der Waals surface area contributed by atoms with Crippen LogP contribution in [0.1, 0.15) is 64.4 Å². The van der Waals surface area contributed by atoms with Crippen LogP contribution in [0, 0.1) is 17.8 Å². The molecule has 4 N–H and O–H groups in total. The molecule has 1 saturated carbocycles. The van der Waals surface area contributed by atoms with Crippen LogP contribution in [0.4, 0.5) is 0 Å². The Morgan fingerprint density at radius 2 is 1.88 bits per heavy atom. The van der Waals surface area contributed by atoms with Gasteiger partial charge < -0.3 is 30.4 Å². The second kappa shape index (κ2) is 15.2. The molecule has 0 aliphatic heterocycles. The molecule has 1 amide bonds. The molecule has 1 fully saturated rings. The first kappa shape index (κ1) is 28.4. The summed E-state index contributed by atoms with van der Waals surface area (Å²) in [5.74, 6) is 2.26. The zero-order valence-corrected chi connectivity index (χ0v) is 21.6. The van der Waals surface area contributed by atoms with E-state index < -0.39 is 12.1 Å². The van der Waals surface area contributed by atoms with Crippen LogP contribution < -0.4 is 20.5 Å². The molecule has 1 aromatic carbocycles. The fourth-order valence-electron chi connectivity index (χ4n) is 4.61. The summed E-state index contributed by atoms with van der Waals surface area (Å²) in [5.41, 5.74) is 7.53. The quantitative estimate of drug-likeness (QED) is 0.332. The number of methoxy groups -OCH3 is 2. The van der Waals surface area contributed by atoms with Crippen molar-refractivity contribution in [2.24, 2.45) is 23.5 Å². The normalized spacial score (nSPS) is 17.3. The Hall–Kier alpha value is -1.83. The molecule has 34 heavy (non-hydrogen) atoms. The minimum Gasteiger partial charge on any atom is -0.493 e. The van der Waals surface area contributed by atoms with Crippen molar-refractivity contribution < 1.29 is 24.1 Å².